The van der Waals surface area contributed by atoms with E-state index in [1.54, 1.807) is 24.3 Å². The maximum atomic E-state index is 13.1. The zero-order chi connectivity index (χ0) is 23.4. The number of sulfonamides is 2. The van der Waals surface area contributed by atoms with Crippen LogP contribution in [0.3, 0.4) is 0 Å². The second kappa shape index (κ2) is 9.84. The van der Waals surface area contributed by atoms with Gasteiger partial charge in [0.1, 0.15) is 5.82 Å². The number of halogens is 1. The lowest BCUT2D eigenvalue weighted by atomic mass is 10.2. The molecule has 32 heavy (non-hydrogen) atoms. The van der Waals surface area contributed by atoms with Crippen LogP contribution in [0.5, 0.6) is 0 Å². The first-order valence-electron chi connectivity index (χ1n) is 9.90. The molecule has 2 N–H and O–H groups in total. The van der Waals surface area contributed by atoms with Gasteiger partial charge in [-0.15, -0.1) is 0 Å². The van der Waals surface area contributed by atoms with E-state index >= 15 is 0 Å². The number of benzene rings is 2. The molecule has 9 nitrogen and oxygen atoms in total. The minimum absolute atomic E-state index is 0.00628. The molecule has 0 saturated carbocycles. The van der Waals surface area contributed by atoms with Crippen LogP contribution in [0.1, 0.15) is 12.0 Å². The van der Waals surface area contributed by atoms with E-state index < -0.39 is 25.9 Å². The standard InChI is InChI=1S/C20H25FN4O5S2/c1-31(27,28)23-19-6-3-2-5-16(19)15-22-20(26)24-11-4-12-25(14-13-24)32(29,30)18-9-7-17(21)8-10-18/h2-3,5-10,23H,4,11-15H2,1H3,(H,22,26). The van der Waals surface area contributed by atoms with E-state index in [9.17, 15) is 26.0 Å². The van der Waals surface area contributed by atoms with Crippen molar-refractivity contribution in [2.24, 2.45) is 0 Å². The van der Waals surface area contributed by atoms with E-state index in [0.29, 0.717) is 24.2 Å². The number of urea groups is 1. The predicted octanol–water partition coefficient (Wildman–Crippen LogP) is 1.80. The number of hydrogen-bond acceptors (Lipinski definition) is 5. The molecule has 1 fully saturated rings. The van der Waals surface area contributed by atoms with Crippen LogP contribution in [-0.4, -0.2) is 64.5 Å². The normalized spacial score (nSPS) is 15.8. The van der Waals surface area contributed by atoms with Crippen molar-refractivity contribution in [3.05, 3.63) is 59.9 Å². The SMILES string of the molecule is CS(=O)(=O)Nc1ccccc1CNC(=O)N1CCCN(S(=O)(=O)c2ccc(F)cc2)CC1. The van der Waals surface area contributed by atoms with Gasteiger partial charge in [0, 0.05) is 32.7 Å². The van der Waals surface area contributed by atoms with Gasteiger partial charge in [0.15, 0.2) is 0 Å². The minimum Gasteiger partial charge on any atom is -0.334 e. The molecular formula is C20H25FN4O5S2. The highest BCUT2D eigenvalue weighted by atomic mass is 32.2. The Kier molecular flexibility index (Phi) is 7.36. The van der Waals surface area contributed by atoms with Crippen molar-refractivity contribution in [1.82, 2.24) is 14.5 Å². The summed E-state index contributed by atoms with van der Waals surface area (Å²) in [6.45, 7) is 1.01. The number of amides is 2. The Morgan fingerprint density at radius 3 is 2.34 bits per heavy atom. The van der Waals surface area contributed by atoms with Crippen molar-refractivity contribution in [3.63, 3.8) is 0 Å². The summed E-state index contributed by atoms with van der Waals surface area (Å²) in [5.74, 6) is -0.518. The predicted molar refractivity (Wildman–Crippen MR) is 118 cm³/mol. The second-order valence-electron chi connectivity index (χ2n) is 7.39. The van der Waals surface area contributed by atoms with Crippen LogP contribution in [0.2, 0.25) is 0 Å². The van der Waals surface area contributed by atoms with Crippen molar-refractivity contribution in [2.75, 3.05) is 37.2 Å². The van der Waals surface area contributed by atoms with E-state index in [-0.39, 0.29) is 37.1 Å². The number of anilines is 1. The molecule has 0 radical (unpaired) electrons. The molecule has 0 aromatic heterocycles. The molecule has 0 unspecified atom stereocenters. The topological polar surface area (TPSA) is 116 Å². The van der Waals surface area contributed by atoms with E-state index in [1.165, 1.54) is 21.3 Å². The Balaban J connectivity index is 1.61. The fraction of sp³-hybridized carbons (Fsp3) is 0.350. The van der Waals surface area contributed by atoms with E-state index in [0.717, 1.165) is 18.4 Å². The molecule has 2 amide bonds. The maximum Gasteiger partial charge on any atom is 0.317 e. The smallest absolute Gasteiger partial charge is 0.317 e. The van der Waals surface area contributed by atoms with Gasteiger partial charge in [-0.2, -0.15) is 4.31 Å². The first kappa shape index (κ1) is 24.0. The molecule has 12 heteroatoms. The number of nitrogens with one attached hydrogen (secondary N) is 2. The lowest BCUT2D eigenvalue weighted by Crippen LogP contribution is -2.42. The molecule has 1 heterocycles. The number of rotatable bonds is 6. The molecule has 0 atom stereocenters. The largest absolute Gasteiger partial charge is 0.334 e. The molecule has 1 saturated heterocycles. The monoisotopic (exact) mass is 484 g/mol. The highest BCUT2D eigenvalue weighted by Gasteiger charge is 2.28. The van der Waals surface area contributed by atoms with Crippen LogP contribution in [0.25, 0.3) is 0 Å². The molecule has 0 aliphatic carbocycles. The Hall–Kier alpha value is -2.70. The Morgan fingerprint density at radius 2 is 1.66 bits per heavy atom. The minimum atomic E-state index is -3.79. The maximum absolute atomic E-state index is 13.1. The van der Waals surface area contributed by atoms with Crippen LogP contribution >= 0.6 is 0 Å². The summed E-state index contributed by atoms with van der Waals surface area (Å²) in [6, 6.07) is 11.0. The fourth-order valence-electron chi connectivity index (χ4n) is 3.35. The summed E-state index contributed by atoms with van der Waals surface area (Å²) >= 11 is 0. The van der Waals surface area contributed by atoms with Gasteiger partial charge in [-0.1, -0.05) is 18.2 Å². The molecule has 2 aromatic rings. The number of para-hydroxylation sites is 1. The first-order valence-corrected chi connectivity index (χ1v) is 13.2. The molecule has 2 aromatic carbocycles. The second-order valence-corrected chi connectivity index (χ2v) is 11.1. The van der Waals surface area contributed by atoms with Gasteiger partial charge in [-0.05, 0) is 42.3 Å². The summed E-state index contributed by atoms with van der Waals surface area (Å²) in [4.78, 5) is 14.2. The average molecular weight is 485 g/mol. The fourth-order valence-corrected chi connectivity index (χ4v) is 5.42. The van der Waals surface area contributed by atoms with Gasteiger partial charge in [0.05, 0.1) is 16.8 Å². The van der Waals surface area contributed by atoms with Crippen LogP contribution in [-0.2, 0) is 26.6 Å². The van der Waals surface area contributed by atoms with Gasteiger partial charge in [-0.3, -0.25) is 4.72 Å². The van der Waals surface area contributed by atoms with E-state index in [1.807, 2.05) is 0 Å². The first-order chi connectivity index (χ1) is 15.1. The Bertz CT molecular complexity index is 1170. The molecular weight excluding hydrogens is 459 g/mol. The molecule has 1 aliphatic rings. The number of hydrogen-bond donors (Lipinski definition) is 2. The molecule has 174 valence electrons. The Labute approximate surface area is 187 Å². The van der Waals surface area contributed by atoms with Crippen molar-refractivity contribution in [3.8, 4) is 0 Å². The number of nitrogens with zero attached hydrogens (tertiary/aromatic N) is 2. The molecule has 3 rings (SSSR count). The summed E-state index contributed by atoms with van der Waals surface area (Å²) in [5.41, 5.74) is 0.976. The highest BCUT2D eigenvalue weighted by Crippen LogP contribution is 2.19. The lowest BCUT2D eigenvalue weighted by molar-refractivity contribution is 0.200. The zero-order valence-corrected chi connectivity index (χ0v) is 19.1. The van der Waals surface area contributed by atoms with Crippen molar-refractivity contribution in [2.45, 2.75) is 17.9 Å². The number of carbonyl (C=O) groups excluding carboxylic acids is 1. The van der Waals surface area contributed by atoms with Crippen LogP contribution in [0.15, 0.2) is 53.4 Å². The van der Waals surface area contributed by atoms with Crippen molar-refractivity contribution in [1.29, 1.82) is 0 Å². The summed E-state index contributed by atoms with van der Waals surface area (Å²) in [5, 5.41) is 2.76. The highest BCUT2D eigenvalue weighted by molar-refractivity contribution is 7.92. The zero-order valence-electron chi connectivity index (χ0n) is 17.5. The Morgan fingerprint density at radius 1 is 0.969 bits per heavy atom. The molecule has 0 bridgehead atoms. The number of carbonyl (C=O) groups is 1. The summed E-state index contributed by atoms with van der Waals surface area (Å²) in [7, 11) is -7.25. The summed E-state index contributed by atoms with van der Waals surface area (Å²) in [6.07, 6.45) is 1.49. The third-order valence-corrected chi connectivity index (χ3v) is 7.44. The quantitative estimate of drug-likeness (QED) is 0.649. The van der Waals surface area contributed by atoms with Gasteiger partial charge >= 0.3 is 6.03 Å². The van der Waals surface area contributed by atoms with Crippen LogP contribution in [0, 0.1) is 5.82 Å². The molecule has 1 aliphatic heterocycles. The van der Waals surface area contributed by atoms with Crippen molar-refractivity contribution < 1.29 is 26.0 Å². The third kappa shape index (κ3) is 6.17. The van der Waals surface area contributed by atoms with Gasteiger partial charge < -0.3 is 10.2 Å². The van der Waals surface area contributed by atoms with Gasteiger partial charge in [0.2, 0.25) is 20.0 Å². The lowest BCUT2D eigenvalue weighted by Gasteiger charge is -2.22. The summed E-state index contributed by atoms with van der Waals surface area (Å²) < 4.78 is 65.5. The van der Waals surface area contributed by atoms with Crippen molar-refractivity contribution >= 4 is 31.8 Å². The average Bonchev–Trinajstić information content (AvgIpc) is 2.99. The van der Waals surface area contributed by atoms with E-state index in [2.05, 4.69) is 10.0 Å². The van der Waals surface area contributed by atoms with Crippen LogP contribution < -0.4 is 10.0 Å². The van der Waals surface area contributed by atoms with Gasteiger partial charge in [-0.25, -0.2) is 26.0 Å². The van der Waals surface area contributed by atoms with Gasteiger partial charge in [0.25, 0.3) is 0 Å². The van der Waals surface area contributed by atoms with Crippen LogP contribution in [0.4, 0.5) is 14.9 Å². The third-order valence-electron chi connectivity index (χ3n) is 4.94. The molecule has 0 spiro atoms. The van der Waals surface area contributed by atoms with E-state index in [4.69, 9.17) is 0 Å².